The van der Waals surface area contributed by atoms with Crippen molar-refractivity contribution < 1.29 is 4.79 Å². The van der Waals surface area contributed by atoms with Gasteiger partial charge in [0.2, 0.25) is 0 Å². The molecule has 2 aromatic carbocycles. The van der Waals surface area contributed by atoms with Gasteiger partial charge >= 0.3 is 0 Å². The van der Waals surface area contributed by atoms with Crippen molar-refractivity contribution in [1.29, 1.82) is 0 Å². The molecular weight excluding hydrogens is 286 g/mol. The predicted octanol–water partition coefficient (Wildman–Crippen LogP) is 3.61. The van der Waals surface area contributed by atoms with Crippen LogP contribution in [0.15, 0.2) is 66.9 Å². The summed E-state index contributed by atoms with van der Waals surface area (Å²) in [5.74, 6) is 0.146. The summed E-state index contributed by atoms with van der Waals surface area (Å²) >= 11 is 0. The van der Waals surface area contributed by atoms with Crippen LogP contribution in [0.5, 0.6) is 0 Å². The maximum atomic E-state index is 12.5. The SMILES string of the molecule is C[C@@H](CNC(=O)c1cn[nH]c1-c1ccccc1)c1ccccc1. The molecule has 1 heterocycles. The molecule has 0 saturated carbocycles. The highest BCUT2D eigenvalue weighted by Crippen LogP contribution is 2.21. The van der Waals surface area contributed by atoms with Crippen molar-refractivity contribution in [2.24, 2.45) is 0 Å². The zero-order valence-corrected chi connectivity index (χ0v) is 13.0. The Kier molecular flexibility index (Phi) is 4.52. The number of nitrogens with one attached hydrogen (secondary N) is 2. The van der Waals surface area contributed by atoms with E-state index in [4.69, 9.17) is 0 Å². The van der Waals surface area contributed by atoms with Gasteiger partial charge in [-0.2, -0.15) is 5.10 Å². The number of benzene rings is 2. The maximum Gasteiger partial charge on any atom is 0.255 e. The highest BCUT2D eigenvalue weighted by atomic mass is 16.1. The normalized spacial score (nSPS) is 11.9. The number of aromatic nitrogens is 2. The van der Waals surface area contributed by atoms with E-state index < -0.39 is 0 Å². The number of carbonyl (C=O) groups excluding carboxylic acids is 1. The minimum Gasteiger partial charge on any atom is -0.351 e. The summed E-state index contributed by atoms with van der Waals surface area (Å²) < 4.78 is 0. The van der Waals surface area contributed by atoms with Gasteiger partial charge in [0.25, 0.3) is 5.91 Å². The Morgan fingerprint density at radius 1 is 1.09 bits per heavy atom. The monoisotopic (exact) mass is 305 g/mol. The van der Waals surface area contributed by atoms with Gasteiger partial charge in [-0.1, -0.05) is 67.6 Å². The van der Waals surface area contributed by atoms with Crippen LogP contribution in [0.25, 0.3) is 11.3 Å². The Balaban J connectivity index is 1.69. The minimum absolute atomic E-state index is 0.111. The van der Waals surface area contributed by atoms with Gasteiger partial charge in [-0.25, -0.2) is 0 Å². The first kappa shape index (κ1) is 15.0. The fraction of sp³-hybridized carbons (Fsp3) is 0.158. The van der Waals surface area contributed by atoms with Gasteiger partial charge in [-0.05, 0) is 11.5 Å². The Hall–Kier alpha value is -2.88. The lowest BCUT2D eigenvalue weighted by molar-refractivity contribution is 0.0952. The second kappa shape index (κ2) is 6.92. The second-order valence-electron chi connectivity index (χ2n) is 5.55. The first-order chi connectivity index (χ1) is 11.3. The predicted molar refractivity (Wildman–Crippen MR) is 91.2 cm³/mol. The van der Waals surface area contributed by atoms with E-state index in [9.17, 15) is 4.79 Å². The van der Waals surface area contributed by atoms with Crippen LogP contribution >= 0.6 is 0 Å². The average molecular weight is 305 g/mol. The number of rotatable bonds is 5. The average Bonchev–Trinajstić information content (AvgIpc) is 3.11. The topological polar surface area (TPSA) is 57.8 Å². The van der Waals surface area contributed by atoms with Gasteiger partial charge in [0.15, 0.2) is 0 Å². The first-order valence-electron chi connectivity index (χ1n) is 7.67. The summed E-state index contributed by atoms with van der Waals surface area (Å²) in [6.45, 7) is 2.69. The Labute approximate surface area is 135 Å². The van der Waals surface area contributed by atoms with E-state index in [1.165, 1.54) is 5.56 Å². The Bertz CT molecular complexity index is 766. The lowest BCUT2D eigenvalue weighted by Crippen LogP contribution is -2.27. The molecule has 0 aliphatic heterocycles. The molecule has 0 spiro atoms. The second-order valence-corrected chi connectivity index (χ2v) is 5.55. The largest absolute Gasteiger partial charge is 0.351 e. The van der Waals surface area contributed by atoms with Crippen molar-refractivity contribution in [2.75, 3.05) is 6.54 Å². The molecule has 4 nitrogen and oxygen atoms in total. The van der Waals surface area contributed by atoms with Gasteiger partial charge in [0.05, 0.1) is 17.5 Å². The minimum atomic E-state index is -0.111. The van der Waals surface area contributed by atoms with Crippen LogP contribution in [0.2, 0.25) is 0 Å². The number of H-pyrrole nitrogens is 1. The number of hydrogen-bond donors (Lipinski definition) is 2. The van der Waals surface area contributed by atoms with Crippen LogP contribution in [0, 0.1) is 0 Å². The third kappa shape index (κ3) is 3.48. The molecule has 1 aromatic heterocycles. The number of aromatic amines is 1. The third-order valence-electron chi connectivity index (χ3n) is 3.88. The molecule has 0 unspecified atom stereocenters. The third-order valence-corrected chi connectivity index (χ3v) is 3.88. The molecule has 0 aliphatic carbocycles. The molecule has 3 rings (SSSR count). The maximum absolute atomic E-state index is 12.5. The molecule has 0 radical (unpaired) electrons. The highest BCUT2D eigenvalue weighted by Gasteiger charge is 2.16. The van der Waals surface area contributed by atoms with Gasteiger partial charge in [-0.3, -0.25) is 9.89 Å². The fourth-order valence-electron chi connectivity index (χ4n) is 2.52. The van der Waals surface area contributed by atoms with Gasteiger partial charge < -0.3 is 5.32 Å². The molecular formula is C19H19N3O. The number of nitrogens with zero attached hydrogens (tertiary/aromatic N) is 1. The lowest BCUT2D eigenvalue weighted by atomic mass is 10.0. The Morgan fingerprint density at radius 3 is 2.43 bits per heavy atom. The van der Waals surface area contributed by atoms with Crippen molar-refractivity contribution >= 4 is 5.91 Å². The summed E-state index contributed by atoms with van der Waals surface area (Å²) in [4.78, 5) is 12.5. The summed E-state index contributed by atoms with van der Waals surface area (Å²) in [6, 6.07) is 19.9. The quantitative estimate of drug-likeness (QED) is 0.756. The van der Waals surface area contributed by atoms with Gasteiger partial charge in [0.1, 0.15) is 0 Å². The molecule has 1 atom stereocenters. The van der Waals surface area contributed by atoms with Crippen molar-refractivity contribution in [3.05, 3.63) is 78.0 Å². The Morgan fingerprint density at radius 2 is 1.74 bits per heavy atom. The summed E-state index contributed by atoms with van der Waals surface area (Å²) in [5, 5.41) is 9.93. The summed E-state index contributed by atoms with van der Waals surface area (Å²) in [5.41, 5.74) is 3.47. The van der Waals surface area contributed by atoms with Crippen molar-refractivity contribution in [2.45, 2.75) is 12.8 Å². The summed E-state index contributed by atoms with van der Waals surface area (Å²) in [7, 11) is 0. The van der Waals surface area contributed by atoms with E-state index in [0.29, 0.717) is 12.1 Å². The molecule has 1 amide bonds. The molecule has 3 aromatic rings. The number of carbonyl (C=O) groups is 1. The number of hydrogen-bond acceptors (Lipinski definition) is 2. The van der Waals surface area contributed by atoms with E-state index in [0.717, 1.165) is 11.3 Å². The van der Waals surface area contributed by atoms with Crippen molar-refractivity contribution in [3.63, 3.8) is 0 Å². The standard InChI is InChI=1S/C19H19N3O/c1-14(15-8-4-2-5-9-15)12-20-19(23)17-13-21-22-18(17)16-10-6-3-7-11-16/h2-11,13-14H,12H2,1H3,(H,20,23)(H,21,22)/t14-/m0/s1. The number of amides is 1. The van der Waals surface area contributed by atoms with Crippen molar-refractivity contribution in [3.8, 4) is 11.3 Å². The molecule has 23 heavy (non-hydrogen) atoms. The van der Waals surface area contributed by atoms with E-state index >= 15 is 0 Å². The van der Waals surface area contributed by atoms with Crippen LogP contribution in [-0.4, -0.2) is 22.6 Å². The van der Waals surface area contributed by atoms with Gasteiger partial charge in [0, 0.05) is 12.1 Å². The van der Waals surface area contributed by atoms with E-state index in [-0.39, 0.29) is 11.8 Å². The molecule has 2 N–H and O–H groups in total. The molecule has 0 bridgehead atoms. The van der Waals surface area contributed by atoms with Crippen molar-refractivity contribution in [1.82, 2.24) is 15.5 Å². The first-order valence-corrected chi connectivity index (χ1v) is 7.67. The molecule has 4 heteroatoms. The van der Waals surface area contributed by atoms with E-state index in [1.807, 2.05) is 48.5 Å². The fourth-order valence-corrected chi connectivity index (χ4v) is 2.52. The summed E-state index contributed by atoms with van der Waals surface area (Å²) in [6.07, 6.45) is 1.57. The van der Waals surface area contributed by atoms with Crippen LogP contribution in [0.4, 0.5) is 0 Å². The van der Waals surface area contributed by atoms with Crippen LogP contribution < -0.4 is 5.32 Å². The lowest BCUT2D eigenvalue weighted by Gasteiger charge is -2.13. The van der Waals surface area contributed by atoms with Crippen LogP contribution in [0.3, 0.4) is 0 Å². The van der Waals surface area contributed by atoms with Crippen LogP contribution in [0.1, 0.15) is 28.8 Å². The molecule has 0 aliphatic rings. The molecule has 116 valence electrons. The van der Waals surface area contributed by atoms with Gasteiger partial charge in [-0.15, -0.1) is 0 Å². The van der Waals surface area contributed by atoms with E-state index in [2.05, 4.69) is 34.6 Å². The zero-order chi connectivity index (χ0) is 16.1. The molecule has 0 saturated heterocycles. The van der Waals surface area contributed by atoms with E-state index in [1.54, 1.807) is 6.20 Å². The highest BCUT2D eigenvalue weighted by molar-refractivity contribution is 5.99. The molecule has 0 fully saturated rings. The smallest absolute Gasteiger partial charge is 0.255 e. The zero-order valence-electron chi connectivity index (χ0n) is 13.0. The van der Waals surface area contributed by atoms with Crippen LogP contribution in [-0.2, 0) is 0 Å².